The van der Waals surface area contributed by atoms with Crippen LogP contribution < -0.4 is 5.32 Å². The quantitative estimate of drug-likeness (QED) is 0.709. The highest BCUT2D eigenvalue weighted by Gasteiger charge is 2.24. The topological polar surface area (TPSA) is 66.5 Å². The molecule has 1 saturated heterocycles. The Hall–Kier alpha value is -1.44. The highest BCUT2D eigenvalue weighted by atomic mass is 79.9. The van der Waals surface area contributed by atoms with Gasteiger partial charge in [0.1, 0.15) is 0 Å². The Balaban J connectivity index is 2.03. The summed E-state index contributed by atoms with van der Waals surface area (Å²) in [6.45, 7) is 5.17. The van der Waals surface area contributed by atoms with E-state index >= 15 is 0 Å². The number of rotatable bonds is 6. The van der Waals surface area contributed by atoms with E-state index < -0.39 is 10.0 Å². The summed E-state index contributed by atoms with van der Waals surface area (Å²) in [7, 11) is -3.44. The van der Waals surface area contributed by atoms with E-state index in [1.54, 1.807) is 34.6 Å². The molecule has 0 aliphatic carbocycles. The van der Waals surface area contributed by atoms with Gasteiger partial charge in [-0.15, -0.1) is 0 Å². The molecule has 2 rings (SSSR count). The molecular weight excluding hydrogens is 404 g/mol. The number of benzene rings is 1. The summed E-state index contributed by atoms with van der Waals surface area (Å²) in [4.78, 5) is 11.9. The maximum absolute atomic E-state index is 12.7. The number of carbonyl (C=O) groups is 1. The molecule has 7 heteroatoms. The van der Waals surface area contributed by atoms with Gasteiger partial charge in [-0.2, -0.15) is 4.31 Å². The molecule has 0 saturated carbocycles. The number of hydrogen-bond donors (Lipinski definition) is 1. The zero-order valence-corrected chi connectivity index (χ0v) is 16.5. The van der Waals surface area contributed by atoms with Gasteiger partial charge in [0, 0.05) is 30.2 Å². The zero-order valence-electron chi connectivity index (χ0n) is 14.1. The van der Waals surface area contributed by atoms with Gasteiger partial charge >= 0.3 is 0 Å². The third kappa shape index (κ3) is 6.09. The molecule has 1 heterocycles. The summed E-state index contributed by atoms with van der Waals surface area (Å²) in [6, 6.07) is 6.60. The second-order valence-corrected chi connectivity index (χ2v) is 9.02. The summed E-state index contributed by atoms with van der Waals surface area (Å²) in [6.07, 6.45) is 7.05. The number of amides is 1. The molecule has 1 aromatic rings. The monoisotopic (exact) mass is 426 g/mol. The molecular formula is C18H23BrN2O3S. The summed E-state index contributed by atoms with van der Waals surface area (Å²) in [5.74, 6) is -0.234. The van der Waals surface area contributed by atoms with Crippen molar-refractivity contribution >= 4 is 37.9 Å². The maximum atomic E-state index is 12.7. The van der Waals surface area contributed by atoms with Crippen molar-refractivity contribution in [3.05, 3.63) is 47.0 Å². The Morgan fingerprint density at radius 1 is 1.16 bits per heavy atom. The summed E-state index contributed by atoms with van der Waals surface area (Å²) in [5.41, 5.74) is 0.766. The van der Waals surface area contributed by atoms with Gasteiger partial charge in [0.25, 0.3) is 0 Å². The lowest BCUT2D eigenvalue weighted by Crippen LogP contribution is -2.31. The maximum Gasteiger partial charge on any atom is 0.244 e. The Morgan fingerprint density at radius 2 is 1.76 bits per heavy atom. The molecule has 0 atom stereocenters. The van der Waals surface area contributed by atoms with E-state index in [1.807, 2.05) is 0 Å². The first-order valence-corrected chi connectivity index (χ1v) is 10.5. The fourth-order valence-electron chi connectivity index (χ4n) is 2.60. The van der Waals surface area contributed by atoms with Crippen LogP contribution in [0.2, 0.25) is 0 Å². The molecule has 1 aromatic carbocycles. The Labute approximate surface area is 158 Å². The third-order valence-corrected chi connectivity index (χ3v) is 6.16. The molecule has 0 radical (unpaired) electrons. The Kier molecular flexibility index (Phi) is 7.40. The summed E-state index contributed by atoms with van der Waals surface area (Å²) < 4.78 is 27.7. The van der Waals surface area contributed by atoms with Crippen molar-refractivity contribution in [2.24, 2.45) is 0 Å². The number of hydrogen-bond acceptors (Lipinski definition) is 3. The van der Waals surface area contributed by atoms with Crippen molar-refractivity contribution in [3.8, 4) is 0 Å². The first kappa shape index (κ1) is 19.9. The van der Waals surface area contributed by atoms with E-state index in [2.05, 4.69) is 27.8 Å². The summed E-state index contributed by atoms with van der Waals surface area (Å²) >= 11 is 3.17. The standard InChI is InChI=1S/C18H23BrN2O3S/c1-15(19)14-20-18(22)11-8-16-6-9-17(10-7-16)25(23,24)21-12-4-2-3-5-13-21/h6-11H,1-5,12-14H2,(H,20,22)/b11-8+. The Morgan fingerprint density at radius 3 is 2.32 bits per heavy atom. The predicted octanol–water partition coefficient (Wildman–Crippen LogP) is 3.29. The van der Waals surface area contributed by atoms with Crippen LogP contribution in [0.1, 0.15) is 31.2 Å². The first-order valence-electron chi connectivity index (χ1n) is 8.29. The van der Waals surface area contributed by atoms with Crippen LogP contribution in [0.15, 0.2) is 46.3 Å². The van der Waals surface area contributed by atoms with Crippen LogP contribution in [0.25, 0.3) is 6.08 Å². The molecule has 0 bridgehead atoms. The lowest BCUT2D eigenvalue weighted by molar-refractivity contribution is -0.116. The summed E-state index contributed by atoms with van der Waals surface area (Å²) in [5, 5.41) is 2.66. The normalized spacial score (nSPS) is 16.5. The van der Waals surface area contributed by atoms with Gasteiger partial charge in [0.2, 0.25) is 15.9 Å². The smallest absolute Gasteiger partial charge is 0.244 e. The molecule has 1 N–H and O–H groups in total. The van der Waals surface area contributed by atoms with Crippen LogP contribution in [-0.4, -0.2) is 38.3 Å². The lowest BCUT2D eigenvalue weighted by Gasteiger charge is -2.19. The van der Waals surface area contributed by atoms with Crippen LogP contribution in [0.5, 0.6) is 0 Å². The number of sulfonamides is 1. The van der Waals surface area contributed by atoms with E-state index in [0.717, 1.165) is 31.2 Å². The van der Waals surface area contributed by atoms with Gasteiger partial charge < -0.3 is 5.32 Å². The van der Waals surface area contributed by atoms with E-state index in [1.165, 1.54) is 6.08 Å². The first-order chi connectivity index (χ1) is 11.9. The van der Waals surface area contributed by atoms with Gasteiger partial charge in [0.15, 0.2) is 0 Å². The SMILES string of the molecule is C=C(Br)CNC(=O)/C=C/c1ccc(S(=O)(=O)N2CCCCCC2)cc1. The van der Waals surface area contributed by atoms with E-state index in [0.29, 0.717) is 29.0 Å². The number of nitrogens with zero attached hydrogens (tertiary/aromatic N) is 1. The van der Waals surface area contributed by atoms with Gasteiger partial charge in [0.05, 0.1) is 4.90 Å². The van der Waals surface area contributed by atoms with Gasteiger partial charge in [-0.05, 0) is 36.6 Å². The molecule has 5 nitrogen and oxygen atoms in total. The second-order valence-electron chi connectivity index (χ2n) is 5.96. The second kappa shape index (κ2) is 9.31. The molecule has 1 fully saturated rings. The zero-order chi connectivity index (χ0) is 18.3. The molecule has 0 spiro atoms. The fraction of sp³-hybridized carbons (Fsp3) is 0.389. The molecule has 0 unspecified atom stereocenters. The molecule has 0 aromatic heterocycles. The minimum absolute atomic E-state index is 0.234. The molecule has 1 aliphatic rings. The fourth-order valence-corrected chi connectivity index (χ4v) is 4.25. The molecule has 136 valence electrons. The third-order valence-electron chi connectivity index (χ3n) is 3.96. The van der Waals surface area contributed by atoms with Gasteiger partial charge in [-0.1, -0.05) is 47.5 Å². The minimum Gasteiger partial charge on any atom is -0.348 e. The average molecular weight is 427 g/mol. The van der Waals surface area contributed by atoms with Crippen molar-refractivity contribution in [1.82, 2.24) is 9.62 Å². The van der Waals surface area contributed by atoms with Crippen molar-refractivity contribution in [2.75, 3.05) is 19.6 Å². The molecule has 1 aliphatic heterocycles. The van der Waals surface area contributed by atoms with Gasteiger partial charge in [-0.3, -0.25) is 4.79 Å². The van der Waals surface area contributed by atoms with Crippen LogP contribution in [0.3, 0.4) is 0 Å². The van der Waals surface area contributed by atoms with Crippen LogP contribution in [-0.2, 0) is 14.8 Å². The average Bonchev–Trinajstić information content (AvgIpc) is 2.88. The van der Waals surface area contributed by atoms with Crippen LogP contribution in [0, 0.1) is 0 Å². The van der Waals surface area contributed by atoms with E-state index in [-0.39, 0.29) is 5.91 Å². The Bertz CT molecular complexity index is 734. The minimum atomic E-state index is -3.44. The number of carbonyl (C=O) groups excluding carboxylic acids is 1. The predicted molar refractivity (Wildman–Crippen MR) is 104 cm³/mol. The van der Waals surface area contributed by atoms with Crippen molar-refractivity contribution < 1.29 is 13.2 Å². The van der Waals surface area contributed by atoms with Crippen LogP contribution in [0.4, 0.5) is 0 Å². The number of nitrogens with one attached hydrogen (secondary N) is 1. The van der Waals surface area contributed by atoms with Crippen molar-refractivity contribution in [3.63, 3.8) is 0 Å². The molecule has 1 amide bonds. The highest BCUT2D eigenvalue weighted by Crippen LogP contribution is 2.20. The van der Waals surface area contributed by atoms with Crippen molar-refractivity contribution in [2.45, 2.75) is 30.6 Å². The van der Waals surface area contributed by atoms with Crippen molar-refractivity contribution in [1.29, 1.82) is 0 Å². The van der Waals surface area contributed by atoms with Crippen LogP contribution >= 0.6 is 15.9 Å². The number of halogens is 1. The van der Waals surface area contributed by atoms with E-state index in [9.17, 15) is 13.2 Å². The van der Waals surface area contributed by atoms with E-state index in [4.69, 9.17) is 0 Å². The molecule has 25 heavy (non-hydrogen) atoms. The van der Waals surface area contributed by atoms with Gasteiger partial charge in [-0.25, -0.2) is 8.42 Å². The highest BCUT2D eigenvalue weighted by molar-refractivity contribution is 9.11. The largest absolute Gasteiger partial charge is 0.348 e. The lowest BCUT2D eigenvalue weighted by atomic mass is 10.2.